The molecule has 0 radical (unpaired) electrons. The number of benzene rings is 1. The SMILES string of the molecule is CCc1nnc(NC(=O)C(NS(=O)(=O)c2cccc(C(F)(F)F)c2)C(C)C)s1. The average Bonchev–Trinajstić information content (AvgIpc) is 3.06. The van der Waals surface area contributed by atoms with Crippen LogP contribution in [0.1, 0.15) is 31.3 Å². The van der Waals surface area contributed by atoms with Crippen LogP contribution in [-0.4, -0.2) is 30.6 Å². The van der Waals surface area contributed by atoms with Crippen molar-refractivity contribution in [3.63, 3.8) is 0 Å². The Bertz CT molecular complexity index is 943. The zero-order chi connectivity index (χ0) is 21.1. The van der Waals surface area contributed by atoms with Crippen molar-refractivity contribution >= 4 is 32.4 Å². The minimum atomic E-state index is -4.69. The number of anilines is 1. The normalized spacial score (nSPS) is 13.5. The van der Waals surface area contributed by atoms with Gasteiger partial charge in [0.05, 0.1) is 10.5 Å². The van der Waals surface area contributed by atoms with Crippen molar-refractivity contribution in [1.29, 1.82) is 0 Å². The van der Waals surface area contributed by atoms with Gasteiger partial charge in [0.25, 0.3) is 0 Å². The minimum Gasteiger partial charge on any atom is -0.299 e. The van der Waals surface area contributed by atoms with Crippen LogP contribution in [0.2, 0.25) is 0 Å². The molecule has 1 amide bonds. The summed E-state index contributed by atoms with van der Waals surface area (Å²) in [6, 6.07) is 2.11. The summed E-state index contributed by atoms with van der Waals surface area (Å²) in [5, 5.41) is 11.0. The largest absolute Gasteiger partial charge is 0.416 e. The molecule has 1 atom stereocenters. The Balaban J connectivity index is 2.24. The summed E-state index contributed by atoms with van der Waals surface area (Å²) < 4.78 is 65.8. The Hall–Kier alpha value is -2.05. The van der Waals surface area contributed by atoms with E-state index in [1.807, 2.05) is 6.92 Å². The highest BCUT2D eigenvalue weighted by molar-refractivity contribution is 7.89. The van der Waals surface area contributed by atoms with Crippen molar-refractivity contribution in [2.24, 2.45) is 5.92 Å². The first kappa shape index (κ1) is 22.2. The Kier molecular flexibility index (Phi) is 6.78. The molecule has 0 aliphatic rings. The van der Waals surface area contributed by atoms with Gasteiger partial charge in [-0.3, -0.25) is 10.1 Å². The minimum absolute atomic E-state index is 0.214. The van der Waals surface area contributed by atoms with Crippen LogP contribution >= 0.6 is 11.3 Å². The first-order valence-corrected chi connectivity index (χ1v) is 10.6. The van der Waals surface area contributed by atoms with Gasteiger partial charge in [-0.15, -0.1) is 10.2 Å². The molecule has 0 spiro atoms. The number of nitrogens with one attached hydrogen (secondary N) is 2. The van der Waals surface area contributed by atoms with Crippen molar-refractivity contribution < 1.29 is 26.4 Å². The smallest absolute Gasteiger partial charge is 0.299 e. The molecule has 12 heteroatoms. The molecular weight excluding hydrogens is 417 g/mol. The summed E-state index contributed by atoms with van der Waals surface area (Å²) in [4.78, 5) is 11.9. The Morgan fingerprint density at radius 3 is 2.46 bits per heavy atom. The maximum atomic E-state index is 12.9. The molecule has 0 aliphatic heterocycles. The zero-order valence-corrected chi connectivity index (χ0v) is 16.9. The molecule has 2 N–H and O–H groups in total. The maximum Gasteiger partial charge on any atom is 0.416 e. The summed E-state index contributed by atoms with van der Waals surface area (Å²) in [6.07, 6.45) is -4.06. The van der Waals surface area contributed by atoms with Crippen LogP contribution in [0.5, 0.6) is 0 Å². The molecule has 1 unspecified atom stereocenters. The number of nitrogens with zero attached hydrogens (tertiary/aromatic N) is 2. The number of sulfonamides is 1. The monoisotopic (exact) mass is 436 g/mol. The lowest BCUT2D eigenvalue weighted by Crippen LogP contribution is -2.47. The van der Waals surface area contributed by atoms with E-state index in [2.05, 4.69) is 20.2 Å². The molecule has 2 aromatic rings. The molecule has 0 aliphatic carbocycles. The predicted octanol–water partition coefficient (Wildman–Crippen LogP) is 3.06. The van der Waals surface area contributed by atoms with Crippen LogP contribution in [-0.2, 0) is 27.4 Å². The van der Waals surface area contributed by atoms with E-state index in [0.717, 1.165) is 29.5 Å². The van der Waals surface area contributed by atoms with Gasteiger partial charge in [-0.05, 0) is 30.5 Å². The summed E-state index contributed by atoms with van der Waals surface area (Å²) in [6.45, 7) is 5.08. The van der Waals surface area contributed by atoms with Crippen molar-refractivity contribution in [1.82, 2.24) is 14.9 Å². The number of amides is 1. The number of rotatable bonds is 7. The van der Waals surface area contributed by atoms with E-state index in [0.29, 0.717) is 17.5 Å². The molecule has 0 fully saturated rings. The fraction of sp³-hybridized carbons (Fsp3) is 0.438. The number of aromatic nitrogens is 2. The lowest BCUT2D eigenvalue weighted by molar-refractivity contribution is -0.137. The fourth-order valence-electron chi connectivity index (χ4n) is 2.20. The number of alkyl halides is 3. The zero-order valence-electron chi connectivity index (χ0n) is 15.2. The van der Waals surface area contributed by atoms with Crippen LogP contribution in [0.3, 0.4) is 0 Å². The standard InChI is InChI=1S/C16H19F3N4O3S2/c1-4-12-21-22-15(27-12)20-14(24)13(9(2)3)23-28(25,26)11-7-5-6-10(8-11)16(17,18)19/h5-9,13,23H,4H2,1-3H3,(H,20,22,24). The molecule has 28 heavy (non-hydrogen) atoms. The van der Waals surface area contributed by atoms with E-state index >= 15 is 0 Å². The van der Waals surface area contributed by atoms with Crippen molar-refractivity contribution in [3.05, 3.63) is 34.8 Å². The van der Waals surface area contributed by atoms with Gasteiger partial charge >= 0.3 is 6.18 Å². The first-order chi connectivity index (χ1) is 12.9. The molecule has 2 rings (SSSR count). The highest BCUT2D eigenvalue weighted by Gasteiger charge is 2.33. The van der Waals surface area contributed by atoms with Gasteiger partial charge in [0, 0.05) is 0 Å². The van der Waals surface area contributed by atoms with Crippen molar-refractivity contribution in [2.45, 2.75) is 44.3 Å². The van der Waals surface area contributed by atoms with Gasteiger partial charge < -0.3 is 0 Å². The van der Waals surface area contributed by atoms with Crippen LogP contribution in [0.15, 0.2) is 29.2 Å². The van der Waals surface area contributed by atoms with Crippen LogP contribution in [0.4, 0.5) is 18.3 Å². The summed E-state index contributed by atoms with van der Waals surface area (Å²) in [5.74, 6) is -1.15. The molecular formula is C16H19F3N4O3S2. The van der Waals surface area contributed by atoms with Gasteiger partial charge in [0.15, 0.2) is 0 Å². The first-order valence-electron chi connectivity index (χ1n) is 8.27. The molecule has 0 saturated heterocycles. The molecule has 1 aromatic carbocycles. The molecule has 154 valence electrons. The summed E-state index contributed by atoms with van der Waals surface area (Å²) in [7, 11) is -4.37. The van der Waals surface area contributed by atoms with Crippen LogP contribution in [0, 0.1) is 5.92 Å². The van der Waals surface area contributed by atoms with E-state index in [1.165, 1.54) is 0 Å². The molecule has 0 saturated carbocycles. The quantitative estimate of drug-likeness (QED) is 0.695. The molecule has 1 aromatic heterocycles. The van der Waals surface area contributed by atoms with Gasteiger partial charge in [0.2, 0.25) is 21.1 Å². The second-order valence-electron chi connectivity index (χ2n) is 6.21. The Morgan fingerprint density at radius 2 is 1.93 bits per heavy atom. The van der Waals surface area contributed by atoms with Gasteiger partial charge in [-0.25, -0.2) is 8.42 Å². The van der Waals surface area contributed by atoms with Crippen LogP contribution < -0.4 is 10.0 Å². The number of carbonyl (C=O) groups excluding carboxylic acids is 1. The van der Waals surface area contributed by atoms with E-state index < -0.39 is 44.5 Å². The lowest BCUT2D eigenvalue weighted by atomic mass is 10.1. The highest BCUT2D eigenvalue weighted by Crippen LogP contribution is 2.30. The topological polar surface area (TPSA) is 101 Å². The van der Waals surface area contributed by atoms with Gasteiger partial charge in [-0.1, -0.05) is 38.2 Å². The van der Waals surface area contributed by atoms with E-state index in [1.54, 1.807) is 13.8 Å². The lowest BCUT2D eigenvalue weighted by Gasteiger charge is -2.21. The van der Waals surface area contributed by atoms with Crippen molar-refractivity contribution in [2.75, 3.05) is 5.32 Å². The number of halogens is 3. The molecule has 1 heterocycles. The Labute approximate surface area is 164 Å². The Morgan fingerprint density at radius 1 is 1.25 bits per heavy atom. The summed E-state index contributed by atoms with van der Waals surface area (Å²) >= 11 is 1.15. The maximum absolute atomic E-state index is 12.9. The molecule has 7 nitrogen and oxygen atoms in total. The highest BCUT2D eigenvalue weighted by atomic mass is 32.2. The van der Waals surface area contributed by atoms with Crippen molar-refractivity contribution in [3.8, 4) is 0 Å². The second kappa shape index (κ2) is 8.53. The van der Waals surface area contributed by atoms with E-state index in [4.69, 9.17) is 0 Å². The van der Waals surface area contributed by atoms with E-state index in [-0.39, 0.29) is 5.13 Å². The number of aryl methyl sites for hydroxylation is 1. The average molecular weight is 436 g/mol. The number of hydrogen-bond acceptors (Lipinski definition) is 6. The third kappa shape index (κ3) is 5.49. The predicted molar refractivity (Wildman–Crippen MR) is 98.3 cm³/mol. The summed E-state index contributed by atoms with van der Waals surface area (Å²) in [5.41, 5.74) is -1.10. The third-order valence-corrected chi connectivity index (χ3v) is 6.12. The number of carbonyl (C=O) groups is 1. The fourth-order valence-corrected chi connectivity index (χ4v) is 4.27. The third-order valence-electron chi connectivity index (χ3n) is 3.70. The molecule has 0 bridgehead atoms. The van der Waals surface area contributed by atoms with E-state index in [9.17, 15) is 26.4 Å². The van der Waals surface area contributed by atoms with Gasteiger partial charge in [-0.2, -0.15) is 17.9 Å². The van der Waals surface area contributed by atoms with Gasteiger partial charge in [0.1, 0.15) is 11.0 Å². The number of hydrogen-bond donors (Lipinski definition) is 2. The second-order valence-corrected chi connectivity index (χ2v) is 8.99. The van der Waals surface area contributed by atoms with Crippen LogP contribution in [0.25, 0.3) is 0 Å².